The van der Waals surface area contributed by atoms with E-state index in [9.17, 15) is 27.9 Å². The molecule has 2 aromatic rings. The van der Waals surface area contributed by atoms with Crippen LogP contribution in [0.5, 0.6) is 5.75 Å². The zero-order valence-corrected chi connectivity index (χ0v) is 15.1. The van der Waals surface area contributed by atoms with E-state index in [0.717, 1.165) is 22.5 Å². The topological polar surface area (TPSA) is 93.5 Å². The SMILES string of the molecule is CCOc1ccc(CC(CNC(=O)Cn2ccc(C(F)(F)F)n2)C(=O)O)cc1. The molecule has 1 atom stereocenters. The molecule has 28 heavy (non-hydrogen) atoms. The van der Waals surface area contributed by atoms with E-state index in [2.05, 4.69) is 10.4 Å². The number of hydrogen-bond acceptors (Lipinski definition) is 4. The van der Waals surface area contributed by atoms with Gasteiger partial charge in [0.2, 0.25) is 5.91 Å². The number of amides is 1. The Morgan fingerprint density at radius 3 is 2.46 bits per heavy atom. The van der Waals surface area contributed by atoms with Crippen LogP contribution in [-0.2, 0) is 28.7 Å². The van der Waals surface area contributed by atoms with E-state index in [1.807, 2.05) is 6.92 Å². The summed E-state index contributed by atoms with van der Waals surface area (Å²) in [5.41, 5.74) is -0.341. The van der Waals surface area contributed by atoms with E-state index in [-0.39, 0.29) is 13.0 Å². The lowest BCUT2D eigenvalue weighted by Gasteiger charge is -2.14. The molecule has 0 saturated carbocycles. The molecule has 0 saturated heterocycles. The van der Waals surface area contributed by atoms with Gasteiger partial charge in [-0.2, -0.15) is 18.3 Å². The standard InChI is InChI=1S/C18H20F3N3O4/c1-2-28-14-5-3-12(4-6-14)9-13(17(26)27)10-22-16(25)11-24-8-7-15(23-24)18(19,20)21/h3-8,13H,2,9-11H2,1H3,(H,22,25)(H,26,27). The van der Waals surface area contributed by atoms with Gasteiger partial charge in [-0.1, -0.05) is 12.1 Å². The molecule has 7 nitrogen and oxygen atoms in total. The molecule has 0 radical (unpaired) electrons. The number of carboxylic acids is 1. The van der Waals surface area contributed by atoms with E-state index in [1.54, 1.807) is 24.3 Å². The number of carbonyl (C=O) groups excluding carboxylic acids is 1. The molecule has 0 fully saturated rings. The lowest BCUT2D eigenvalue weighted by Crippen LogP contribution is -2.36. The number of rotatable bonds is 9. The maximum Gasteiger partial charge on any atom is 0.435 e. The van der Waals surface area contributed by atoms with Gasteiger partial charge >= 0.3 is 12.1 Å². The highest BCUT2D eigenvalue weighted by Crippen LogP contribution is 2.27. The molecule has 1 amide bonds. The summed E-state index contributed by atoms with van der Waals surface area (Å²) in [5.74, 6) is -1.93. The molecular formula is C18H20F3N3O4. The van der Waals surface area contributed by atoms with Crippen LogP contribution in [0.1, 0.15) is 18.2 Å². The number of benzene rings is 1. The number of nitrogens with one attached hydrogen (secondary N) is 1. The van der Waals surface area contributed by atoms with E-state index in [0.29, 0.717) is 12.4 Å². The molecule has 1 aromatic carbocycles. The minimum Gasteiger partial charge on any atom is -0.494 e. The summed E-state index contributed by atoms with van der Waals surface area (Å²) in [4.78, 5) is 23.3. The van der Waals surface area contributed by atoms with Crippen molar-refractivity contribution < 1.29 is 32.6 Å². The van der Waals surface area contributed by atoms with Crippen molar-refractivity contribution in [2.24, 2.45) is 5.92 Å². The number of carbonyl (C=O) groups is 2. The summed E-state index contributed by atoms with van der Waals surface area (Å²) in [6.45, 7) is 1.77. The molecule has 2 N–H and O–H groups in total. The van der Waals surface area contributed by atoms with Gasteiger partial charge in [0.1, 0.15) is 12.3 Å². The monoisotopic (exact) mass is 399 g/mol. The Morgan fingerprint density at radius 2 is 1.93 bits per heavy atom. The second kappa shape index (κ2) is 9.25. The molecule has 2 rings (SSSR count). The van der Waals surface area contributed by atoms with E-state index >= 15 is 0 Å². The molecule has 0 aliphatic heterocycles. The molecule has 0 spiro atoms. The quantitative estimate of drug-likeness (QED) is 0.675. The molecule has 1 unspecified atom stereocenters. The fraction of sp³-hybridized carbons (Fsp3) is 0.389. The normalized spacial score (nSPS) is 12.4. The Balaban J connectivity index is 1.89. The van der Waals surface area contributed by atoms with Gasteiger partial charge in [0.05, 0.1) is 12.5 Å². The Kier molecular flexibility index (Phi) is 7.02. The lowest BCUT2D eigenvalue weighted by molar-refractivity contribution is -0.143. The third kappa shape index (κ3) is 6.29. The van der Waals surface area contributed by atoms with Gasteiger partial charge in [0.25, 0.3) is 0 Å². The number of aliphatic carboxylic acids is 1. The molecule has 152 valence electrons. The zero-order valence-electron chi connectivity index (χ0n) is 15.1. The van der Waals surface area contributed by atoms with Crippen molar-refractivity contribution in [3.05, 3.63) is 47.8 Å². The highest BCUT2D eigenvalue weighted by molar-refractivity contribution is 5.77. The van der Waals surface area contributed by atoms with Gasteiger partial charge in [-0.25, -0.2) is 0 Å². The molecule has 0 bridgehead atoms. The predicted molar refractivity (Wildman–Crippen MR) is 92.7 cm³/mol. The van der Waals surface area contributed by atoms with Gasteiger partial charge in [0.15, 0.2) is 5.69 Å². The number of halogens is 3. The summed E-state index contributed by atoms with van der Waals surface area (Å²) in [5, 5.41) is 15.1. The van der Waals surface area contributed by atoms with Crippen LogP contribution >= 0.6 is 0 Å². The summed E-state index contributed by atoms with van der Waals surface area (Å²) >= 11 is 0. The summed E-state index contributed by atoms with van der Waals surface area (Å²) in [6.07, 6.45) is -3.37. The average Bonchev–Trinajstić information content (AvgIpc) is 3.09. The van der Waals surface area contributed by atoms with Crippen molar-refractivity contribution in [1.82, 2.24) is 15.1 Å². The van der Waals surface area contributed by atoms with Crippen LogP contribution in [0.2, 0.25) is 0 Å². The smallest absolute Gasteiger partial charge is 0.435 e. The second-order valence-electron chi connectivity index (χ2n) is 6.02. The first-order chi connectivity index (χ1) is 13.2. The number of alkyl halides is 3. The summed E-state index contributed by atoms with van der Waals surface area (Å²) in [6, 6.07) is 7.70. The van der Waals surface area contributed by atoms with Crippen LogP contribution in [0.15, 0.2) is 36.5 Å². The fourth-order valence-electron chi connectivity index (χ4n) is 2.46. The third-order valence-corrected chi connectivity index (χ3v) is 3.85. The number of hydrogen-bond donors (Lipinski definition) is 2. The van der Waals surface area contributed by atoms with Crippen LogP contribution < -0.4 is 10.1 Å². The van der Waals surface area contributed by atoms with Crippen LogP contribution in [0.25, 0.3) is 0 Å². The van der Waals surface area contributed by atoms with Crippen molar-refractivity contribution in [3.8, 4) is 5.75 Å². The van der Waals surface area contributed by atoms with Crippen LogP contribution in [-0.4, -0.2) is 39.9 Å². The first-order valence-electron chi connectivity index (χ1n) is 8.51. The Bertz CT molecular complexity index is 803. The highest BCUT2D eigenvalue weighted by atomic mass is 19.4. The maximum absolute atomic E-state index is 12.5. The Hall–Kier alpha value is -3.04. The molecule has 0 aliphatic carbocycles. The molecular weight excluding hydrogens is 379 g/mol. The zero-order chi connectivity index (χ0) is 20.7. The van der Waals surface area contributed by atoms with Crippen molar-refractivity contribution in [3.63, 3.8) is 0 Å². The number of nitrogens with zero attached hydrogens (tertiary/aromatic N) is 2. The summed E-state index contributed by atoms with van der Waals surface area (Å²) < 4.78 is 43.7. The minimum atomic E-state index is -4.59. The third-order valence-electron chi connectivity index (χ3n) is 3.85. The fourth-order valence-corrected chi connectivity index (χ4v) is 2.46. The first kappa shape index (κ1) is 21.3. The van der Waals surface area contributed by atoms with Crippen LogP contribution in [0.3, 0.4) is 0 Å². The number of ether oxygens (including phenoxy) is 1. The highest BCUT2D eigenvalue weighted by Gasteiger charge is 2.33. The molecule has 0 aliphatic rings. The average molecular weight is 399 g/mol. The van der Waals surface area contributed by atoms with E-state index in [4.69, 9.17) is 4.74 Å². The Labute approximate surface area is 159 Å². The lowest BCUT2D eigenvalue weighted by atomic mass is 9.99. The van der Waals surface area contributed by atoms with Crippen molar-refractivity contribution in [2.75, 3.05) is 13.2 Å². The summed E-state index contributed by atoms with van der Waals surface area (Å²) in [7, 11) is 0. The second-order valence-corrected chi connectivity index (χ2v) is 6.02. The largest absolute Gasteiger partial charge is 0.494 e. The van der Waals surface area contributed by atoms with E-state index in [1.165, 1.54) is 0 Å². The van der Waals surface area contributed by atoms with Gasteiger partial charge in [-0.15, -0.1) is 0 Å². The van der Waals surface area contributed by atoms with Gasteiger partial charge in [-0.3, -0.25) is 14.3 Å². The molecule has 1 heterocycles. The van der Waals surface area contributed by atoms with Gasteiger partial charge in [0, 0.05) is 12.7 Å². The van der Waals surface area contributed by atoms with Crippen molar-refractivity contribution in [1.29, 1.82) is 0 Å². The first-order valence-corrected chi connectivity index (χ1v) is 8.51. The molecule has 10 heteroatoms. The predicted octanol–water partition coefficient (Wildman–Crippen LogP) is 2.36. The number of aromatic nitrogens is 2. The van der Waals surface area contributed by atoms with E-state index < -0.39 is 36.2 Å². The van der Waals surface area contributed by atoms with Crippen LogP contribution in [0, 0.1) is 5.92 Å². The minimum absolute atomic E-state index is 0.158. The Morgan fingerprint density at radius 1 is 1.25 bits per heavy atom. The van der Waals surface area contributed by atoms with Crippen molar-refractivity contribution in [2.45, 2.75) is 26.1 Å². The van der Waals surface area contributed by atoms with Gasteiger partial charge < -0.3 is 15.2 Å². The van der Waals surface area contributed by atoms with Crippen molar-refractivity contribution >= 4 is 11.9 Å². The number of carboxylic acid groups (broad SMARTS) is 1. The van der Waals surface area contributed by atoms with Gasteiger partial charge in [-0.05, 0) is 37.1 Å². The molecule has 1 aromatic heterocycles. The maximum atomic E-state index is 12.5. The van der Waals surface area contributed by atoms with Crippen LogP contribution in [0.4, 0.5) is 13.2 Å².